The first-order valence-corrected chi connectivity index (χ1v) is 9.01. The zero-order valence-corrected chi connectivity index (χ0v) is 15.3. The molecular weight excluding hydrogens is 362 g/mol. The molecule has 2 aromatic heterocycles. The predicted octanol–water partition coefficient (Wildman–Crippen LogP) is 3.96. The molecule has 4 rings (SSSR count). The number of nitrogens with zero attached hydrogens (tertiary/aromatic N) is 4. The summed E-state index contributed by atoms with van der Waals surface area (Å²) in [5.41, 5.74) is 2.91. The van der Waals surface area contributed by atoms with Crippen LogP contribution >= 0.6 is 11.6 Å². The molecule has 0 bridgehead atoms. The summed E-state index contributed by atoms with van der Waals surface area (Å²) in [6.07, 6.45) is 5.53. The number of benzene rings is 2. The SMILES string of the molecule is O=C(CCn1ccc2c(Cl)cccc21)Nc1ccc(Cn2cncn2)cc1. The van der Waals surface area contributed by atoms with Crippen molar-refractivity contribution in [2.45, 2.75) is 19.5 Å². The molecule has 0 aliphatic heterocycles. The van der Waals surface area contributed by atoms with E-state index >= 15 is 0 Å². The number of fused-ring (bicyclic) bond motifs is 1. The lowest BCUT2D eigenvalue weighted by Gasteiger charge is -2.08. The van der Waals surface area contributed by atoms with Crippen LogP contribution in [0.2, 0.25) is 5.02 Å². The van der Waals surface area contributed by atoms with E-state index in [1.165, 1.54) is 6.33 Å². The van der Waals surface area contributed by atoms with Gasteiger partial charge in [-0.2, -0.15) is 5.10 Å². The summed E-state index contributed by atoms with van der Waals surface area (Å²) in [6.45, 7) is 1.25. The van der Waals surface area contributed by atoms with Crippen LogP contribution in [0.5, 0.6) is 0 Å². The Kier molecular flexibility index (Phi) is 4.89. The van der Waals surface area contributed by atoms with E-state index in [-0.39, 0.29) is 5.91 Å². The molecule has 136 valence electrons. The van der Waals surface area contributed by atoms with E-state index in [0.717, 1.165) is 27.2 Å². The van der Waals surface area contributed by atoms with Gasteiger partial charge in [0.15, 0.2) is 0 Å². The third-order valence-electron chi connectivity index (χ3n) is 4.39. The molecule has 0 aliphatic rings. The maximum Gasteiger partial charge on any atom is 0.226 e. The minimum atomic E-state index is -0.0251. The summed E-state index contributed by atoms with van der Waals surface area (Å²) in [5.74, 6) is -0.0251. The maximum absolute atomic E-state index is 12.3. The number of amides is 1. The van der Waals surface area contributed by atoms with Crippen LogP contribution in [0.4, 0.5) is 5.69 Å². The van der Waals surface area contributed by atoms with Gasteiger partial charge in [0.05, 0.1) is 6.54 Å². The average Bonchev–Trinajstić information content (AvgIpc) is 3.32. The molecule has 0 saturated heterocycles. The fourth-order valence-corrected chi connectivity index (χ4v) is 3.25. The third-order valence-corrected chi connectivity index (χ3v) is 4.72. The number of carbonyl (C=O) groups is 1. The Morgan fingerprint density at radius 3 is 2.74 bits per heavy atom. The van der Waals surface area contributed by atoms with Crippen LogP contribution in [0.25, 0.3) is 10.9 Å². The standard InChI is InChI=1S/C20H18ClN5O/c21-18-2-1-3-19-17(18)8-10-25(19)11-9-20(27)24-16-6-4-15(5-7-16)12-26-14-22-13-23-26/h1-8,10,13-14H,9,11-12H2,(H,24,27). The van der Waals surface area contributed by atoms with E-state index in [4.69, 9.17) is 11.6 Å². The smallest absolute Gasteiger partial charge is 0.226 e. The molecule has 0 unspecified atom stereocenters. The topological polar surface area (TPSA) is 64.7 Å². The van der Waals surface area contributed by atoms with Gasteiger partial charge in [-0.1, -0.05) is 29.8 Å². The number of anilines is 1. The molecule has 0 saturated carbocycles. The maximum atomic E-state index is 12.3. The number of rotatable bonds is 6. The Labute approximate surface area is 161 Å². The summed E-state index contributed by atoms with van der Waals surface area (Å²) in [7, 11) is 0. The molecule has 6 nitrogen and oxygen atoms in total. The second kappa shape index (κ2) is 7.63. The van der Waals surface area contributed by atoms with Crippen molar-refractivity contribution in [3.63, 3.8) is 0 Å². The van der Waals surface area contributed by atoms with Crippen molar-refractivity contribution in [3.05, 3.63) is 78.0 Å². The van der Waals surface area contributed by atoms with E-state index in [1.807, 2.05) is 59.3 Å². The summed E-state index contributed by atoms with van der Waals surface area (Å²) in [4.78, 5) is 16.2. The Bertz CT molecular complexity index is 1050. The zero-order chi connectivity index (χ0) is 18.6. The second-order valence-corrected chi connectivity index (χ2v) is 6.68. The highest BCUT2D eigenvalue weighted by Gasteiger charge is 2.07. The van der Waals surface area contributed by atoms with Gasteiger partial charge in [0.1, 0.15) is 12.7 Å². The number of aromatic nitrogens is 4. The van der Waals surface area contributed by atoms with Crippen LogP contribution in [0.1, 0.15) is 12.0 Å². The first-order chi connectivity index (χ1) is 13.2. The van der Waals surface area contributed by atoms with E-state index in [0.29, 0.717) is 19.5 Å². The number of carbonyl (C=O) groups excluding carboxylic acids is 1. The van der Waals surface area contributed by atoms with Crippen LogP contribution in [-0.4, -0.2) is 25.2 Å². The number of hydrogen-bond acceptors (Lipinski definition) is 3. The number of nitrogens with one attached hydrogen (secondary N) is 1. The van der Waals surface area contributed by atoms with Crippen molar-refractivity contribution in [2.24, 2.45) is 0 Å². The number of aryl methyl sites for hydroxylation is 1. The highest BCUT2D eigenvalue weighted by Crippen LogP contribution is 2.24. The van der Waals surface area contributed by atoms with Gasteiger partial charge >= 0.3 is 0 Å². The molecule has 2 aromatic carbocycles. The van der Waals surface area contributed by atoms with E-state index in [2.05, 4.69) is 15.4 Å². The first-order valence-electron chi connectivity index (χ1n) is 8.63. The van der Waals surface area contributed by atoms with Crippen LogP contribution in [0.15, 0.2) is 67.4 Å². The number of halogens is 1. The normalized spacial score (nSPS) is 11.0. The van der Waals surface area contributed by atoms with Crippen molar-refractivity contribution in [3.8, 4) is 0 Å². The van der Waals surface area contributed by atoms with Crippen molar-refractivity contribution < 1.29 is 4.79 Å². The lowest BCUT2D eigenvalue weighted by atomic mass is 10.2. The summed E-state index contributed by atoms with van der Waals surface area (Å²) in [5, 5.41) is 8.75. The largest absolute Gasteiger partial charge is 0.347 e. The van der Waals surface area contributed by atoms with Crippen LogP contribution < -0.4 is 5.32 Å². The molecule has 1 N–H and O–H groups in total. The Balaban J connectivity index is 1.34. The Hall–Kier alpha value is -3.12. The Morgan fingerprint density at radius 2 is 1.96 bits per heavy atom. The van der Waals surface area contributed by atoms with E-state index < -0.39 is 0 Å². The summed E-state index contributed by atoms with van der Waals surface area (Å²) >= 11 is 6.20. The Morgan fingerprint density at radius 1 is 1.11 bits per heavy atom. The summed E-state index contributed by atoms with van der Waals surface area (Å²) < 4.78 is 3.79. The van der Waals surface area contributed by atoms with Gasteiger partial charge < -0.3 is 9.88 Å². The third kappa shape index (κ3) is 4.01. The molecule has 7 heteroatoms. The highest BCUT2D eigenvalue weighted by molar-refractivity contribution is 6.35. The van der Waals surface area contributed by atoms with Gasteiger partial charge in [-0.15, -0.1) is 0 Å². The first kappa shape index (κ1) is 17.3. The predicted molar refractivity (Wildman–Crippen MR) is 106 cm³/mol. The fraction of sp³-hybridized carbons (Fsp3) is 0.150. The number of hydrogen-bond donors (Lipinski definition) is 1. The highest BCUT2D eigenvalue weighted by atomic mass is 35.5. The molecule has 0 atom stereocenters. The van der Waals surface area contributed by atoms with Crippen LogP contribution in [0.3, 0.4) is 0 Å². The molecular formula is C20H18ClN5O. The van der Waals surface area contributed by atoms with Gasteiger partial charge in [0.2, 0.25) is 5.91 Å². The van der Waals surface area contributed by atoms with Crippen LogP contribution in [0, 0.1) is 0 Å². The molecule has 2 heterocycles. The molecule has 0 radical (unpaired) electrons. The minimum Gasteiger partial charge on any atom is -0.347 e. The lowest BCUT2D eigenvalue weighted by Crippen LogP contribution is -2.14. The molecule has 4 aromatic rings. The lowest BCUT2D eigenvalue weighted by molar-refractivity contribution is -0.116. The monoisotopic (exact) mass is 379 g/mol. The van der Waals surface area contributed by atoms with Gasteiger partial charge in [0.25, 0.3) is 0 Å². The van der Waals surface area contributed by atoms with Gasteiger partial charge in [-0.3, -0.25) is 4.79 Å². The molecule has 27 heavy (non-hydrogen) atoms. The second-order valence-electron chi connectivity index (χ2n) is 6.27. The van der Waals surface area contributed by atoms with Gasteiger partial charge in [0, 0.05) is 40.8 Å². The molecule has 1 amide bonds. The van der Waals surface area contributed by atoms with Crippen LogP contribution in [-0.2, 0) is 17.9 Å². The molecule has 0 aliphatic carbocycles. The van der Waals surface area contributed by atoms with Crippen molar-refractivity contribution in [1.82, 2.24) is 19.3 Å². The molecule has 0 spiro atoms. The van der Waals surface area contributed by atoms with Gasteiger partial charge in [-0.05, 0) is 35.9 Å². The average molecular weight is 380 g/mol. The van der Waals surface area contributed by atoms with Crippen molar-refractivity contribution >= 4 is 34.1 Å². The molecule has 0 fully saturated rings. The fourth-order valence-electron chi connectivity index (χ4n) is 3.02. The van der Waals surface area contributed by atoms with Crippen molar-refractivity contribution in [2.75, 3.05) is 5.32 Å². The summed E-state index contributed by atoms with van der Waals surface area (Å²) in [6, 6.07) is 15.5. The van der Waals surface area contributed by atoms with E-state index in [1.54, 1.807) is 11.0 Å². The van der Waals surface area contributed by atoms with Crippen molar-refractivity contribution in [1.29, 1.82) is 0 Å². The van der Waals surface area contributed by atoms with Gasteiger partial charge in [-0.25, -0.2) is 9.67 Å². The van der Waals surface area contributed by atoms with E-state index in [9.17, 15) is 4.79 Å². The zero-order valence-electron chi connectivity index (χ0n) is 14.5. The quantitative estimate of drug-likeness (QED) is 0.551. The minimum absolute atomic E-state index is 0.0251.